The quantitative estimate of drug-likeness (QED) is 0.597. The number of aromatic amines is 1. The van der Waals surface area contributed by atoms with Crippen molar-refractivity contribution in [2.75, 3.05) is 25.1 Å². The first-order valence-corrected chi connectivity index (χ1v) is 9.36. The number of aromatic nitrogens is 4. The van der Waals surface area contributed by atoms with Gasteiger partial charge in [-0.2, -0.15) is 13.2 Å². The number of pyridine rings is 1. The van der Waals surface area contributed by atoms with Gasteiger partial charge in [0.2, 0.25) is 5.95 Å². The highest BCUT2D eigenvalue weighted by Crippen LogP contribution is 2.39. The molecule has 4 heterocycles. The summed E-state index contributed by atoms with van der Waals surface area (Å²) < 4.78 is 46.4. The SMILES string of the molecule is OCCNc1ncc(C(F)(F)F)c(-c2c[nH]c3nc(C4CCCCO4)ccc23)n1. The number of hydrogen-bond acceptors (Lipinski definition) is 6. The van der Waals surface area contributed by atoms with Gasteiger partial charge in [-0.1, -0.05) is 0 Å². The standard InChI is InChI=1S/C19H20F3N5O2/c20-19(21,22)13-10-25-18(23-6-7-28)27-16(13)12-9-24-17-11(12)4-5-14(26-17)15-3-1-2-8-29-15/h4-5,9-10,15,28H,1-3,6-8H2,(H,24,26)(H,23,25,27). The molecule has 154 valence electrons. The lowest BCUT2D eigenvalue weighted by molar-refractivity contribution is -0.137. The van der Waals surface area contributed by atoms with Crippen molar-refractivity contribution in [1.82, 2.24) is 19.9 Å². The van der Waals surface area contributed by atoms with Crippen LogP contribution in [0.25, 0.3) is 22.3 Å². The molecule has 3 aromatic heterocycles. The van der Waals surface area contributed by atoms with Gasteiger partial charge in [0.05, 0.1) is 24.1 Å². The van der Waals surface area contributed by atoms with Gasteiger partial charge in [0.25, 0.3) is 0 Å². The van der Waals surface area contributed by atoms with E-state index >= 15 is 0 Å². The monoisotopic (exact) mass is 407 g/mol. The van der Waals surface area contributed by atoms with E-state index in [9.17, 15) is 13.2 Å². The third-order valence-electron chi connectivity index (χ3n) is 4.81. The Hall–Kier alpha value is -2.72. The van der Waals surface area contributed by atoms with Crippen molar-refractivity contribution in [3.63, 3.8) is 0 Å². The first-order chi connectivity index (χ1) is 14.0. The maximum Gasteiger partial charge on any atom is 0.419 e. The lowest BCUT2D eigenvalue weighted by atomic mass is 10.0. The molecule has 0 aliphatic carbocycles. The summed E-state index contributed by atoms with van der Waals surface area (Å²) in [4.78, 5) is 15.3. The Morgan fingerprint density at radius 1 is 1.24 bits per heavy atom. The largest absolute Gasteiger partial charge is 0.419 e. The first-order valence-electron chi connectivity index (χ1n) is 9.36. The van der Waals surface area contributed by atoms with Gasteiger partial charge >= 0.3 is 6.18 Å². The highest BCUT2D eigenvalue weighted by atomic mass is 19.4. The van der Waals surface area contributed by atoms with Crippen LogP contribution in [-0.4, -0.2) is 44.8 Å². The van der Waals surface area contributed by atoms with Crippen LogP contribution in [0.1, 0.15) is 36.6 Å². The number of ether oxygens (including phenoxy) is 1. The lowest BCUT2D eigenvalue weighted by Crippen LogP contribution is -2.13. The van der Waals surface area contributed by atoms with E-state index < -0.39 is 11.7 Å². The summed E-state index contributed by atoms with van der Waals surface area (Å²) >= 11 is 0. The summed E-state index contributed by atoms with van der Waals surface area (Å²) in [5.41, 5.74) is 0.332. The Balaban J connectivity index is 1.76. The smallest absolute Gasteiger partial charge is 0.395 e. The van der Waals surface area contributed by atoms with Gasteiger partial charge in [-0.15, -0.1) is 0 Å². The molecular weight excluding hydrogens is 387 g/mol. The van der Waals surface area contributed by atoms with Gasteiger partial charge in [-0.3, -0.25) is 0 Å². The molecule has 0 amide bonds. The molecule has 29 heavy (non-hydrogen) atoms. The zero-order chi connectivity index (χ0) is 20.4. The van der Waals surface area contributed by atoms with E-state index in [1.165, 1.54) is 6.20 Å². The fourth-order valence-corrected chi connectivity index (χ4v) is 3.42. The highest BCUT2D eigenvalue weighted by Gasteiger charge is 2.36. The molecule has 1 unspecified atom stereocenters. The fraction of sp³-hybridized carbons (Fsp3) is 0.421. The number of anilines is 1. The molecular formula is C19H20F3N5O2. The predicted molar refractivity (Wildman–Crippen MR) is 100 cm³/mol. The minimum Gasteiger partial charge on any atom is -0.395 e. The summed E-state index contributed by atoms with van der Waals surface area (Å²) in [6.45, 7) is 0.619. The van der Waals surface area contributed by atoms with Crippen molar-refractivity contribution in [3.05, 3.63) is 35.8 Å². The average Bonchev–Trinajstić information content (AvgIpc) is 3.15. The van der Waals surface area contributed by atoms with E-state index in [-0.39, 0.29) is 36.5 Å². The molecule has 1 aliphatic rings. The minimum atomic E-state index is -4.61. The molecule has 1 fully saturated rings. The Bertz CT molecular complexity index is 999. The molecule has 3 N–H and O–H groups in total. The van der Waals surface area contributed by atoms with Crippen molar-refractivity contribution in [2.24, 2.45) is 0 Å². The Morgan fingerprint density at radius 2 is 2.10 bits per heavy atom. The molecule has 4 rings (SSSR count). The number of H-pyrrole nitrogens is 1. The second-order valence-corrected chi connectivity index (χ2v) is 6.79. The Morgan fingerprint density at radius 3 is 2.83 bits per heavy atom. The van der Waals surface area contributed by atoms with Crippen LogP contribution in [0.3, 0.4) is 0 Å². The summed E-state index contributed by atoms with van der Waals surface area (Å²) in [5.74, 6) is 0.0107. The van der Waals surface area contributed by atoms with E-state index in [2.05, 4.69) is 25.3 Å². The number of alkyl halides is 3. The average molecular weight is 407 g/mol. The topological polar surface area (TPSA) is 96.0 Å². The van der Waals surface area contributed by atoms with Crippen molar-refractivity contribution < 1.29 is 23.0 Å². The number of rotatable bonds is 5. The van der Waals surface area contributed by atoms with Crippen LogP contribution >= 0.6 is 0 Å². The van der Waals surface area contributed by atoms with E-state index in [0.717, 1.165) is 31.2 Å². The van der Waals surface area contributed by atoms with Gasteiger partial charge in [0.15, 0.2) is 0 Å². The fourth-order valence-electron chi connectivity index (χ4n) is 3.42. The number of nitrogens with zero attached hydrogens (tertiary/aromatic N) is 3. The second-order valence-electron chi connectivity index (χ2n) is 6.79. The van der Waals surface area contributed by atoms with E-state index in [4.69, 9.17) is 9.84 Å². The molecule has 0 aromatic carbocycles. The second kappa shape index (κ2) is 7.96. The predicted octanol–water partition coefficient (Wildman–Crippen LogP) is 3.68. The van der Waals surface area contributed by atoms with Crippen LogP contribution in [0.5, 0.6) is 0 Å². The van der Waals surface area contributed by atoms with Crippen LogP contribution in [0.4, 0.5) is 19.1 Å². The molecule has 0 radical (unpaired) electrons. The summed E-state index contributed by atoms with van der Waals surface area (Å²) in [6, 6.07) is 3.53. The molecule has 0 saturated carbocycles. The van der Waals surface area contributed by atoms with Gasteiger partial charge < -0.3 is 20.1 Å². The molecule has 7 nitrogen and oxygen atoms in total. The van der Waals surface area contributed by atoms with Gasteiger partial charge in [-0.25, -0.2) is 15.0 Å². The van der Waals surface area contributed by atoms with Gasteiger partial charge in [-0.05, 0) is 31.4 Å². The number of nitrogens with one attached hydrogen (secondary N) is 2. The van der Waals surface area contributed by atoms with E-state index in [0.29, 0.717) is 17.6 Å². The molecule has 0 spiro atoms. The molecule has 3 aromatic rings. The van der Waals surface area contributed by atoms with Crippen molar-refractivity contribution in [2.45, 2.75) is 31.5 Å². The van der Waals surface area contributed by atoms with E-state index in [1.807, 2.05) is 0 Å². The summed E-state index contributed by atoms with van der Waals surface area (Å²) in [5, 5.41) is 12.1. The van der Waals surface area contributed by atoms with Crippen LogP contribution in [0.15, 0.2) is 24.5 Å². The normalized spacial score (nSPS) is 17.6. The summed E-state index contributed by atoms with van der Waals surface area (Å²) in [6.07, 6.45) is 0.452. The molecule has 0 bridgehead atoms. The Labute approximate surface area is 164 Å². The number of aliphatic hydroxyl groups is 1. The van der Waals surface area contributed by atoms with Crippen LogP contribution in [0, 0.1) is 0 Å². The third-order valence-corrected chi connectivity index (χ3v) is 4.81. The van der Waals surface area contributed by atoms with Crippen LogP contribution in [-0.2, 0) is 10.9 Å². The molecule has 1 aliphatic heterocycles. The van der Waals surface area contributed by atoms with Crippen molar-refractivity contribution in [1.29, 1.82) is 0 Å². The molecule has 1 atom stereocenters. The highest BCUT2D eigenvalue weighted by molar-refractivity contribution is 5.93. The van der Waals surface area contributed by atoms with Gasteiger partial charge in [0, 0.05) is 36.5 Å². The number of hydrogen-bond donors (Lipinski definition) is 3. The zero-order valence-electron chi connectivity index (χ0n) is 15.5. The van der Waals surface area contributed by atoms with Gasteiger partial charge in [0.1, 0.15) is 11.2 Å². The van der Waals surface area contributed by atoms with Crippen LogP contribution < -0.4 is 5.32 Å². The summed E-state index contributed by atoms with van der Waals surface area (Å²) in [7, 11) is 0. The van der Waals surface area contributed by atoms with Crippen molar-refractivity contribution >= 4 is 17.0 Å². The Kier molecular flexibility index (Phi) is 5.37. The first kappa shape index (κ1) is 19.6. The molecule has 10 heteroatoms. The third kappa shape index (κ3) is 4.03. The number of fused-ring (bicyclic) bond motifs is 1. The number of halogens is 3. The maximum absolute atomic E-state index is 13.5. The lowest BCUT2D eigenvalue weighted by Gasteiger charge is -2.21. The van der Waals surface area contributed by atoms with Crippen molar-refractivity contribution in [3.8, 4) is 11.3 Å². The maximum atomic E-state index is 13.5. The van der Waals surface area contributed by atoms with Crippen LogP contribution in [0.2, 0.25) is 0 Å². The van der Waals surface area contributed by atoms with E-state index in [1.54, 1.807) is 12.1 Å². The molecule has 1 saturated heterocycles. The minimum absolute atomic E-state index is 0.0107. The zero-order valence-corrected chi connectivity index (χ0v) is 15.5. The number of aliphatic hydroxyl groups excluding tert-OH is 1.